The van der Waals surface area contributed by atoms with Gasteiger partial charge in [0.1, 0.15) is 23.0 Å². The number of carbonyl (C=O) groups is 5. The molecule has 5 aromatic carbocycles. The Labute approximate surface area is 270 Å². The van der Waals surface area contributed by atoms with Crippen LogP contribution in [-0.2, 0) is 10.3 Å². The van der Waals surface area contributed by atoms with Crippen LogP contribution < -0.4 is 9.47 Å². The van der Waals surface area contributed by atoms with Gasteiger partial charge in [-0.1, -0.05) is 42.5 Å². The highest BCUT2D eigenvalue weighted by molar-refractivity contribution is 6.03. The number of hydrogen-bond donors (Lipinski definition) is 4. The van der Waals surface area contributed by atoms with E-state index < -0.39 is 46.6 Å². The number of hydrogen-bond acceptors (Lipinski definition) is 8. The Morgan fingerprint density at radius 1 is 0.500 bits per heavy atom. The standard InChI is InChI=1S/C36H22O12/c37-31(38)25-15-13-23(17-28(25)33(41)42)46-21-9-5-19(6-10-21)36(30-4-2-1-3-27(30)35(45)48-36)20-7-11-22(12-8-20)47-24-14-16-26(32(39)40)29(18-24)34(43)44/h1-18H,(H,37,38)(H,39,40)(H,41,42)(H,43,44). The van der Waals surface area contributed by atoms with Crippen molar-refractivity contribution in [2.45, 2.75) is 5.60 Å². The molecule has 0 saturated carbocycles. The Kier molecular flexibility index (Phi) is 7.83. The first-order chi connectivity index (χ1) is 23.0. The van der Waals surface area contributed by atoms with Crippen LogP contribution in [0, 0.1) is 0 Å². The Balaban J connectivity index is 1.34. The molecule has 0 spiro atoms. The molecule has 238 valence electrons. The monoisotopic (exact) mass is 646 g/mol. The van der Waals surface area contributed by atoms with Crippen molar-refractivity contribution < 1.29 is 58.6 Å². The van der Waals surface area contributed by atoms with Gasteiger partial charge in [0.15, 0.2) is 5.60 Å². The van der Waals surface area contributed by atoms with Gasteiger partial charge in [-0.2, -0.15) is 0 Å². The highest BCUT2D eigenvalue weighted by atomic mass is 16.6. The second kappa shape index (κ2) is 12.1. The molecule has 1 aliphatic rings. The molecule has 0 aromatic heterocycles. The highest BCUT2D eigenvalue weighted by Gasteiger charge is 2.48. The average Bonchev–Trinajstić information content (AvgIpc) is 3.38. The predicted octanol–water partition coefficient (Wildman–Crippen LogP) is 6.53. The quantitative estimate of drug-likeness (QED) is 0.120. The van der Waals surface area contributed by atoms with Crippen molar-refractivity contribution >= 4 is 29.8 Å². The second-order valence-corrected chi connectivity index (χ2v) is 10.5. The third-order valence-corrected chi connectivity index (χ3v) is 7.67. The van der Waals surface area contributed by atoms with Gasteiger partial charge >= 0.3 is 29.8 Å². The summed E-state index contributed by atoms with van der Waals surface area (Å²) in [6.45, 7) is 0. The van der Waals surface area contributed by atoms with Gasteiger partial charge in [-0.15, -0.1) is 0 Å². The fraction of sp³-hybridized carbons (Fsp3) is 0.0278. The van der Waals surface area contributed by atoms with Crippen LogP contribution in [0.2, 0.25) is 0 Å². The number of carbonyl (C=O) groups excluding carboxylic acids is 1. The van der Waals surface area contributed by atoms with Gasteiger partial charge in [0, 0.05) is 16.7 Å². The van der Waals surface area contributed by atoms with Gasteiger partial charge < -0.3 is 34.6 Å². The van der Waals surface area contributed by atoms with Crippen LogP contribution in [0.4, 0.5) is 0 Å². The maximum atomic E-state index is 13.1. The van der Waals surface area contributed by atoms with Gasteiger partial charge in [0.2, 0.25) is 0 Å². The molecule has 0 amide bonds. The van der Waals surface area contributed by atoms with E-state index in [9.17, 15) is 44.4 Å². The normalized spacial score (nSPS) is 12.8. The number of cyclic esters (lactones) is 1. The summed E-state index contributed by atoms with van der Waals surface area (Å²) in [5.74, 6) is -5.38. The average molecular weight is 647 g/mol. The molecule has 12 nitrogen and oxygen atoms in total. The van der Waals surface area contributed by atoms with Crippen LogP contribution in [-0.4, -0.2) is 50.3 Å². The summed E-state index contributed by atoms with van der Waals surface area (Å²) in [7, 11) is 0. The van der Waals surface area contributed by atoms with Crippen molar-refractivity contribution in [2.75, 3.05) is 0 Å². The van der Waals surface area contributed by atoms with E-state index in [4.69, 9.17) is 14.2 Å². The van der Waals surface area contributed by atoms with E-state index in [2.05, 4.69) is 0 Å². The van der Waals surface area contributed by atoms with Crippen molar-refractivity contribution in [1.82, 2.24) is 0 Å². The molecule has 6 rings (SSSR count). The zero-order chi connectivity index (χ0) is 34.2. The lowest BCUT2D eigenvalue weighted by Crippen LogP contribution is -2.29. The first-order valence-electron chi connectivity index (χ1n) is 14.1. The summed E-state index contributed by atoms with van der Waals surface area (Å²) in [5, 5.41) is 37.5. The van der Waals surface area contributed by atoms with Crippen molar-refractivity contribution in [3.05, 3.63) is 154 Å². The lowest BCUT2D eigenvalue weighted by molar-refractivity contribution is 0.0250. The Morgan fingerprint density at radius 2 is 0.896 bits per heavy atom. The fourth-order valence-corrected chi connectivity index (χ4v) is 5.50. The Morgan fingerprint density at radius 3 is 1.31 bits per heavy atom. The zero-order valence-electron chi connectivity index (χ0n) is 24.4. The number of carboxylic acid groups (broad SMARTS) is 4. The van der Waals surface area contributed by atoms with E-state index in [1.165, 1.54) is 12.1 Å². The number of carboxylic acids is 4. The zero-order valence-corrected chi connectivity index (χ0v) is 24.4. The molecular weight excluding hydrogens is 624 g/mol. The van der Waals surface area contributed by atoms with Crippen LogP contribution in [0.1, 0.15) is 68.5 Å². The first-order valence-corrected chi connectivity index (χ1v) is 14.1. The fourth-order valence-electron chi connectivity index (χ4n) is 5.50. The van der Waals surface area contributed by atoms with Crippen molar-refractivity contribution in [3.8, 4) is 23.0 Å². The molecule has 12 heteroatoms. The topological polar surface area (TPSA) is 194 Å². The molecule has 0 bridgehead atoms. The SMILES string of the molecule is O=C(O)c1ccc(Oc2ccc(C3(c4ccc(Oc5ccc(C(=O)O)c(C(=O)O)c5)cc4)OC(=O)c4ccccc43)cc2)cc1C(=O)O. The predicted molar refractivity (Wildman–Crippen MR) is 165 cm³/mol. The Bertz CT molecular complexity index is 2010. The number of aromatic carboxylic acids is 4. The van der Waals surface area contributed by atoms with E-state index >= 15 is 0 Å². The minimum Gasteiger partial charge on any atom is -0.478 e. The Hall–Kier alpha value is -6.95. The largest absolute Gasteiger partial charge is 0.478 e. The molecular formula is C36H22O12. The number of rotatable bonds is 10. The molecule has 1 aliphatic heterocycles. The summed E-state index contributed by atoms with van der Waals surface area (Å²) in [4.78, 5) is 59.1. The van der Waals surface area contributed by atoms with Crippen LogP contribution in [0.25, 0.3) is 0 Å². The van der Waals surface area contributed by atoms with Crippen molar-refractivity contribution in [3.63, 3.8) is 0 Å². The number of benzene rings is 5. The van der Waals surface area contributed by atoms with E-state index in [0.717, 1.165) is 24.3 Å². The maximum Gasteiger partial charge on any atom is 0.340 e. The summed E-state index contributed by atoms with van der Waals surface area (Å²) in [6, 6.07) is 27.2. The van der Waals surface area contributed by atoms with Crippen LogP contribution in [0.15, 0.2) is 109 Å². The third kappa shape index (κ3) is 5.54. The van der Waals surface area contributed by atoms with Gasteiger partial charge in [-0.05, 0) is 66.7 Å². The van der Waals surface area contributed by atoms with E-state index in [-0.39, 0.29) is 22.6 Å². The molecule has 0 radical (unpaired) electrons. The summed E-state index contributed by atoms with van der Waals surface area (Å²) in [6.07, 6.45) is 0. The third-order valence-electron chi connectivity index (χ3n) is 7.67. The first kappa shape index (κ1) is 31.0. The molecule has 5 aromatic rings. The molecule has 48 heavy (non-hydrogen) atoms. The number of fused-ring (bicyclic) bond motifs is 1. The smallest absolute Gasteiger partial charge is 0.340 e. The molecule has 0 fully saturated rings. The minimum atomic E-state index is -1.42. The van der Waals surface area contributed by atoms with E-state index in [0.29, 0.717) is 33.8 Å². The minimum absolute atomic E-state index is 0.0983. The summed E-state index contributed by atoms with van der Waals surface area (Å²) >= 11 is 0. The molecule has 0 saturated heterocycles. The second-order valence-electron chi connectivity index (χ2n) is 10.5. The number of ether oxygens (including phenoxy) is 3. The molecule has 4 N–H and O–H groups in total. The van der Waals surface area contributed by atoms with Gasteiger partial charge in [0.25, 0.3) is 0 Å². The molecule has 1 heterocycles. The molecule has 0 unspecified atom stereocenters. The van der Waals surface area contributed by atoms with Crippen molar-refractivity contribution in [2.24, 2.45) is 0 Å². The lowest BCUT2D eigenvalue weighted by atomic mass is 9.80. The van der Waals surface area contributed by atoms with Crippen molar-refractivity contribution in [1.29, 1.82) is 0 Å². The van der Waals surface area contributed by atoms with Crippen LogP contribution >= 0.6 is 0 Å². The van der Waals surface area contributed by atoms with Crippen LogP contribution in [0.5, 0.6) is 23.0 Å². The maximum absolute atomic E-state index is 13.1. The van der Waals surface area contributed by atoms with Gasteiger partial charge in [0.05, 0.1) is 27.8 Å². The van der Waals surface area contributed by atoms with E-state index in [1.807, 2.05) is 0 Å². The lowest BCUT2D eigenvalue weighted by Gasteiger charge is -2.30. The summed E-state index contributed by atoms with van der Waals surface area (Å²) < 4.78 is 17.7. The van der Waals surface area contributed by atoms with Gasteiger partial charge in [-0.3, -0.25) is 0 Å². The van der Waals surface area contributed by atoms with Gasteiger partial charge in [-0.25, -0.2) is 24.0 Å². The summed E-state index contributed by atoms with van der Waals surface area (Å²) in [5.41, 5.74) is -1.01. The molecule has 0 aliphatic carbocycles. The number of esters is 1. The van der Waals surface area contributed by atoms with Crippen LogP contribution in [0.3, 0.4) is 0 Å². The highest BCUT2D eigenvalue weighted by Crippen LogP contribution is 2.47. The van der Waals surface area contributed by atoms with E-state index in [1.54, 1.807) is 72.8 Å². The molecule has 0 atom stereocenters.